The van der Waals surface area contributed by atoms with Crippen LogP contribution in [-0.4, -0.2) is 0 Å². The van der Waals surface area contributed by atoms with Crippen LogP contribution in [0, 0.1) is 0 Å². The number of rotatable bonds is 2. The van der Waals surface area contributed by atoms with Crippen LogP contribution in [-0.2, 0) is 5.41 Å². The van der Waals surface area contributed by atoms with E-state index in [-0.39, 0.29) is 0 Å². The van der Waals surface area contributed by atoms with Gasteiger partial charge in [-0.25, -0.2) is 0 Å². The Balaban J connectivity index is 1.16. The maximum Gasteiger partial charge on any atom is 0.143 e. The Hall–Kier alpha value is -6.70. The molecule has 0 bridgehead atoms. The Labute approximate surface area is 301 Å². The zero-order chi connectivity index (χ0) is 34.0. The number of hydrogen-bond acceptors (Lipinski definition) is 1. The molecule has 0 radical (unpaired) electrons. The third-order valence-corrected chi connectivity index (χ3v) is 11.9. The van der Waals surface area contributed by atoms with Crippen molar-refractivity contribution in [2.24, 2.45) is 0 Å². The summed E-state index contributed by atoms with van der Waals surface area (Å²) in [6.45, 7) is 0. The molecule has 1 heterocycles. The van der Waals surface area contributed by atoms with Gasteiger partial charge in [-0.1, -0.05) is 158 Å². The average Bonchev–Trinajstić information content (AvgIpc) is 3.84. The van der Waals surface area contributed by atoms with E-state index in [4.69, 9.17) is 4.42 Å². The van der Waals surface area contributed by atoms with Crippen LogP contribution in [0.4, 0.5) is 0 Å². The third-order valence-electron chi connectivity index (χ3n) is 11.9. The molecule has 1 spiro atoms. The Morgan fingerprint density at radius 3 is 1.56 bits per heavy atom. The lowest BCUT2D eigenvalue weighted by atomic mass is 9.70. The van der Waals surface area contributed by atoms with Crippen LogP contribution < -0.4 is 0 Å². The predicted octanol–water partition coefficient (Wildman–Crippen LogP) is 13.6. The molecule has 0 fully saturated rings. The van der Waals surface area contributed by atoms with Gasteiger partial charge in [0.05, 0.1) is 5.41 Å². The van der Waals surface area contributed by atoms with Crippen molar-refractivity contribution in [1.29, 1.82) is 0 Å². The van der Waals surface area contributed by atoms with Crippen molar-refractivity contribution < 1.29 is 4.42 Å². The summed E-state index contributed by atoms with van der Waals surface area (Å²) < 4.78 is 6.58. The molecule has 52 heavy (non-hydrogen) atoms. The number of fused-ring (bicyclic) bond motifs is 16. The standard InChI is InChI=1S/C51H30O/c1-2-13-34-31(12-1)28-44(37-15-4-3-14-36(34)37)33-25-27-41-40-26-24-32(35-19-11-20-43-42-18-7-10-23-49(42)52-50(35)43)29-47(40)51(48(41)30-33)45-21-8-5-16-38(45)39-17-6-9-22-46(39)51/h1-30H. The SMILES string of the molecule is c1ccc2c(c1)-c1ccccc1C21c2cc(-c3cc4ccccc4c4ccccc34)ccc2-c2ccc(-c3cccc4c3oc3ccccc34)cc21. The second-order valence-electron chi connectivity index (χ2n) is 14.3. The van der Waals surface area contributed by atoms with Crippen molar-refractivity contribution in [3.63, 3.8) is 0 Å². The highest BCUT2D eigenvalue weighted by molar-refractivity contribution is 6.14. The summed E-state index contributed by atoms with van der Waals surface area (Å²) >= 11 is 0. The van der Waals surface area contributed by atoms with Crippen LogP contribution in [0.25, 0.3) is 88.0 Å². The van der Waals surface area contributed by atoms with Gasteiger partial charge in [0.25, 0.3) is 0 Å². The Kier molecular flexibility index (Phi) is 5.49. The van der Waals surface area contributed by atoms with E-state index in [0.717, 1.165) is 33.1 Å². The molecule has 2 aliphatic carbocycles. The zero-order valence-electron chi connectivity index (χ0n) is 28.2. The number of para-hydroxylation sites is 2. The summed E-state index contributed by atoms with van der Waals surface area (Å²) in [7, 11) is 0. The fraction of sp³-hybridized carbons (Fsp3) is 0.0196. The summed E-state index contributed by atoms with van der Waals surface area (Å²) in [5.41, 5.74) is 16.7. The normalized spacial score (nSPS) is 13.5. The zero-order valence-corrected chi connectivity index (χ0v) is 28.2. The number of benzene rings is 9. The van der Waals surface area contributed by atoms with Crippen LogP contribution in [0.5, 0.6) is 0 Å². The van der Waals surface area contributed by atoms with Gasteiger partial charge in [0.15, 0.2) is 0 Å². The van der Waals surface area contributed by atoms with Crippen molar-refractivity contribution in [3.8, 4) is 44.5 Å². The summed E-state index contributed by atoms with van der Waals surface area (Å²) in [4.78, 5) is 0. The average molecular weight is 659 g/mol. The highest BCUT2D eigenvalue weighted by Crippen LogP contribution is 2.63. The van der Waals surface area contributed by atoms with Crippen molar-refractivity contribution in [3.05, 3.63) is 204 Å². The molecule has 1 aromatic heterocycles. The molecule has 240 valence electrons. The monoisotopic (exact) mass is 658 g/mol. The van der Waals surface area contributed by atoms with E-state index in [2.05, 4.69) is 176 Å². The summed E-state index contributed by atoms with van der Waals surface area (Å²) in [5.74, 6) is 0. The van der Waals surface area contributed by atoms with Crippen molar-refractivity contribution in [2.75, 3.05) is 0 Å². The van der Waals surface area contributed by atoms with E-state index in [1.54, 1.807) is 0 Å². The van der Waals surface area contributed by atoms with E-state index in [1.807, 2.05) is 6.07 Å². The first-order chi connectivity index (χ1) is 25.8. The maximum atomic E-state index is 6.58. The third kappa shape index (κ3) is 3.52. The lowest BCUT2D eigenvalue weighted by Gasteiger charge is -2.31. The molecule has 0 unspecified atom stereocenters. The minimum absolute atomic E-state index is 0.474. The van der Waals surface area contributed by atoms with Gasteiger partial charge in [-0.15, -0.1) is 0 Å². The smallest absolute Gasteiger partial charge is 0.143 e. The lowest BCUT2D eigenvalue weighted by Crippen LogP contribution is -2.26. The highest BCUT2D eigenvalue weighted by Gasteiger charge is 2.51. The molecule has 12 rings (SSSR count). The number of furan rings is 1. The Morgan fingerprint density at radius 1 is 0.308 bits per heavy atom. The van der Waals surface area contributed by atoms with Crippen LogP contribution in [0.15, 0.2) is 186 Å². The maximum absolute atomic E-state index is 6.58. The quantitative estimate of drug-likeness (QED) is 0.169. The van der Waals surface area contributed by atoms with Gasteiger partial charge >= 0.3 is 0 Å². The summed E-state index contributed by atoms with van der Waals surface area (Å²) in [6.07, 6.45) is 0. The van der Waals surface area contributed by atoms with Crippen LogP contribution >= 0.6 is 0 Å². The highest BCUT2D eigenvalue weighted by atomic mass is 16.3. The van der Waals surface area contributed by atoms with Crippen LogP contribution in [0.2, 0.25) is 0 Å². The molecule has 0 atom stereocenters. The molecular formula is C51H30O. The van der Waals surface area contributed by atoms with Gasteiger partial charge in [-0.3, -0.25) is 0 Å². The second-order valence-corrected chi connectivity index (χ2v) is 14.3. The van der Waals surface area contributed by atoms with Gasteiger partial charge in [0.2, 0.25) is 0 Å². The molecule has 0 aliphatic heterocycles. The fourth-order valence-electron chi connectivity index (χ4n) is 9.74. The molecule has 1 nitrogen and oxygen atoms in total. The molecule has 1 heteroatoms. The van der Waals surface area contributed by atoms with Crippen LogP contribution in [0.3, 0.4) is 0 Å². The fourth-order valence-corrected chi connectivity index (χ4v) is 9.74. The van der Waals surface area contributed by atoms with Gasteiger partial charge in [0, 0.05) is 16.3 Å². The topological polar surface area (TPSA) is 13.1 Å². The first kappa shape index (κ1) is 28.0. The van der Waals surface area contributed by atoms with E-state index >= 15 is 0 Å². The molecule has 0 N–H and O–H groups in total. The van der Waals surface area contributed by atoms with Gasteiger partial charge in [0.1, 0.15) is 11.2 Å². The first-order valence-electron chi connectivity index (χ1n) is 18.1. The van der Waals surface area contributed by atoms with E-state index in [9.17, 15) is 0 Å². The second kappa shape index (κ2) is 10.2. The minimum atomic E-state index is -0.474. The molecule has 0 saturated carbocycles. The lowest BCUT2D eigenvalue weighted by molar-refractivity contribution is 0.670. The first-order valence-corrected chi connectivity index (χ1v) is 18.1. The van der Waals surface area contributed by atoms with E-state index < -0.39 is 5.41 Å². The molecular weight excluding hydrogens is 629 g/mol. The Morgan fingerprint density at radius 2 is 0.827 bits per heavy atom. The predicted molar refractivity (Wildman–Crippen MR) is 216 cm³/mol. The van der Waals surface area contributed by atoms with Crippen molar-refractivity contribution >= 4 is 43.5 Å². The van der Waals surface area contributed by atoms with Crippen molar-refractivity contribution in [2.45, 2.75) is 5.41 Å². The van der Waals surface area contributed by atoms with Gasteiger partial charge < -0.3 is 4.42 Å². The largest absolute Gasteiger partial charge is 0.455 e. The van der Waals surface area contributed by atoms with Crippen molar-refractivity contribution in [1.82, 2.24) is 0 Å². The van der Waals surface area contributed by atoms with Crippen LogP contribution in [0.1, 0.15) is 22.3 Å². The summed E-state index contributed by atoms with van der Waals surface area (Å²) in [5, 5.41) is 7.41. The Bertz CT molecular complexity index is 3090. The molecule has 0 amide bonds. The molecule has 0 saturated heterocycles. The van der Waals surface area contributed by atoms with Gasteiger partial charge in [-0.2, -0.15) is 0 Å². The van der Waals surface area contributed by atoms with E-state index in [0.29, 0.717) is 0 Å². The molecule has 9 aromatic carbocycles. The summed E-state index contributed by atoms with van der Waals surface area (Å²) in [6, 6.07) is 67.4. The molecule has 2 aliphatic rings. The molecule has 10 aromatic rings. The van der Waals surface area contributed by atoms with E-state index in [1.165, 1.54) is 77.2 Å². The van der Waals surface area contributed by atoms with Gasteiger partial charge in [-0.05, 0) is 107 Å². The number of hydrogen-bond donors (Lipinski definition) is 0. The minimum Gasteiger partial charge on any atom is -0.455 e.